The Labute approximate surface area is 295 Å². The van der Waals surface area contributed by atoms with Gasteiger partial charge in [0.2, 0.25) is 5.91 Å². The molecule has 8 heteroatoms. The first kappa shape index (κ1) is 49.0. The fourth-order valence-electron chi connectivity index (χ4n) is 4.47. The summed E-state index contributed by atoms with van der Waals surface area (Å²) in [5.41, 5.74) is 3.86. The summed E-state index contributed by atoms with van der Waals surface area (Å²) in [5, 5.41) is 15.2. The van der Waals surface area contributed by atoms with Gasteiger partial charge in [0.05, 0.1) is 17.9 Å². The molecule has 2 rings (SSSR count). The molecule has 2 unspecified atom stereocenters. The normalized spacial score (nSPS) is 12.1. The first-order chi connectivity index (χ1) is 23.1. The van der Waals surface area contributed by atoms with Crippen molar-refractivity contribution in [3.05, 3.63) is 79.0 Å². The van der Waals surface area contributed by atoms with Crippen molar-refractivity contribution in [2.45, 2.75) is 118 Å². The van der Waals surface area contributed by atoms with Gasteiger partial charge in [0.1, 0.15) is 0 Å². The minimum absolute atomic E-state index is 0.00182. The highest BCUT2D eigenvalue weighted by Gasteiger charge is 2.20. The van der Waals surface area contributed by atoms with Gasteiger partial charge in [-0.15, -0.1) is 6.58 Å². The van der Waals surface area contributed by atoms with Crippen LogP contribution < -0.4 is 26.6 Å². The molecule has 48 heavy (non-hydrogen) atoms. The molecule has 1 aliphatic carbocycles. The lowest BCUT2D eigenvalue weighted by Gasteiger charge is -2.23. The first-order valence-electron chi connectivity index (χ1n) is 18.1. The van der Waals surface area contributed by atoms with Gasteiger partial charge in [0.25, 0.3) is 0 Å². The predicted molar refractivity (Wildman–Crippen MR) is 212 cm³/mol. The summed E-state index contributed by atoms with van der Waals surface area (Å²) in [5.74, 6) is 1.28. The predicted octanol–water partition coefficient (Wildman–Crippen LogP) is 7.63. The topological polar surface area (TPSA) is 110 Å². The zero-order valence-corrected chi connectivity index (χ0v) is 32.5. The molecule has 0 saturated heterocycles. The van der Waals surface area contributed by atoms with Crippen LogP contribution in [0.1, 0.15) is 110 Å². The third kappa shape index (κ3) is 25.7. The molecule has 1 amide bonds. The van der Waals surface area contributed by atoms with Gasteiger partial charge in [-0.2, -0.15) is 0 Å². The van der Waals surface area contributed by atoms with E-state index >= 15 is 0 Å². The van der Waals surface area contributed by atoms with Crippen molar-refractivity contribution in [2.75, 3.05) is 34.2 Å². The van der Waals surface area contributed by atoms with Crippen LogP contribution in [0.3, 0.4) is 0 Å². The number of nitrogens with one attached hydrogen (secondary N) is 6. The van der Waals surface area contributed by atoms with Crippen molar-refractivity contribution >= 4 is 17.8 Å². The number of amides is 1. The summed E-state index contributed by atoms with van der Waals surface area (Å²) in [6, 6.07) is -0.155. The second-order valence-corrected chi connectivity index (χ2v) is 11.6. The number of aromatic nitrogens is 1. The maximum atomic E-state index is 12.3. The number of hydrogen-bond acceptors (Lipinski definition) is 6. The van der Waals surface area contributed by atoms with Crippen molar-refractivity contribution < 1.29 is 9.59 Å². The maximum absolute atomic E-state index is 12.3. The van der Waals surface area contributed by atoms with E-state index in [2.05, 4.69) is 83.5 Å². The van der Waals surface area contributed by atoms with Crippen LogP contribution in [0.25, 0.3) is 6.08 Å². The molecule has 0 aliphatic heterocycles. The lowest BCUT2D eigenvalue weighted by Crippen LogP contribution is -2.43. The molecular weight excluding hydrogens is 596 g/mol. The SMILES string of the molecule is C=C/C=C/C(Cc1c[nH]c2c1C=CCC2)NC(=O)CCCCCNC.C=CCNC(=C)NC(C(=O)CC)C(C)C.CC.CCC.CNC. The standard InChI is InChI=1S/C21H31N3O.C12H22N2O.C3H8.C2H7N.C2H6/c1-3-4-10-18(24-21(25)13-6-5-9-14-22-2)15-17-16-23-20-12-8-7-11-19(17)20;1-6-8-13-10(5)14-12(9(3)4)11(15)7-2;2*1-3-2;1-2/h3-4,7,10-11,16,18,22-23H,1,5-6,8-9,12-15H2,2H3,(H,24,25);6,9,12-14H,1,5,7-8H2,2-4H3;3H2,1-2H3;3H,1-2H3;1-2H3/b10-4+;;;;. The van der Waals surface area contributed by atoms with Crippen LogP contribution in [0.5, 0.6) is 0 Å². The summed E-state index contributed by atoms with van der Waals surface area (Å²) < 4.78 is 0. The molecule has 1 aliphatic rings. The van der Waals surface area contributed by atoms with Crippen molar-refractivity contribution in [3.63, 3.8) is 0 Å². The van der Waals surface area contributed by atoms with Crippen molar-refractivity contribution in [2.24, 2.45) is 5.92 Å². The molecule has 6 N–H and O–H groups in total. The quantitative estimate of drug-likeness (QED) is 0.0513. The van der Waals surface area contributed by atoms with E-state index in [1.54, 1.807) is 12.2 Å². The molecule has 0 saturated carbocycles. The Morgan fingerprint density at radius 1 is 1.02 bits per heavy atom. The van der Waals surface area contributed by atoms with Gasteiger partial charge in [0.15, 0.2) is 5.78 Å². The minimum Gasteiger partial charge on any atom is -0.369 e. The summed E-state index contributed by atoms with van der Waals surface area (Å²) >= 11 is 0. The summed E-state index contributed by atoms with van der Waals surface area (Å²) in [4.78, 5) is 27.3. The molecule has 1 aromatic heterocycles. The lowest BCUT2D eigenvalue weighted by molar-refractivity contribution is -0.122. The monoisotopic (exact) mass is 671 g/mol. The smallest absolute Gasteiger partial charge is 0.220 e. The number of carbonyl (C=O) groups excluding carboxylic acids is 2. The number of ketones is 1. The molecule has 0 aromatic carbocycles. The summed E-state index contributed by atoms with van der Waals surface area (Å²) in [6.45, 7) is 27.0. The number of rotatable bonds is 19. The number of unbranched alkanes of at least 4 members (excludes halogenated alkanes) is 2. The molecule has 1 heterocycles. The number of hydrogen-bond donors (Lipinski definition) is 6. The van der Waals surface area contributed by atoms with E-state index in [-0.39, 0.29) is 29.7 Å². The van der Waals surface area contributed by atoms with E-state index in [0.29, 0.717) is 25.2 Å². The average Bonchev–Trinajstić information content (AvgIpc) is 3.49. The minimum atomic E-state index is -0.153. The number of aromatic amines is 1. The van der Waals surface area contributed by atoms with Crippen LogP contribution in [0, 0.1) is 5.92 Å². The first-order valence-corrected chi connectivity index (χ1v) is 18.1. The Morgan fingerprint density at radius 3 is 2.21 bits per heavy atom. The molecule has 276 valence electrons. The highest BCUT2D eigenvalue weighted by atomic mass is 16.1. The van der Waals surface area contributed by atoms with E-state index in [4.69, 9.17) is 0 Å². The fraction of sp³-hybridized carbons (Fsp3) is 0.600. The second kappa shape index (κ2) is 35.0. The molecule has 2 atom stereocenters. The number of Topliss-reactive ketones (excluding diaryl/α,β-unsaturated/α-hetero) is 1. The summed E-state index contributed by atoms with van der Waals surface area (Å²) in [6.07, 6.45) is 22.4. The van der Waals surface area contributed by atoms with Gasteiger partial charge in [-0.05, 0) is 76.8 Å². The van der Waals surface area contributed by atoms with Crippen LogP contribution in [0.2, 0.25) is 0 Å². The van der Waals surface area contributed by atoms with Gasteiger partial charge in [-0.25, -0.2) is 0 Å². The number of allylic oxidation sites excluding steroid dienone is 3. The Balaban J connectivity index is -0.000000749. The van der Waals surface area contributed by atoms with Crippen molar-refractivity contribution in [1.82, 2.24) is 31.6 Å². The zero-order chi connectivity index (χ0) is 37.2. The number of aryl methyl sites for hydroxylation is 1. The molecule has 0 spiro atoms. The van der Waals surface area contributed by atoms with Gasteiger partial charge in [-0.1, -0.05) is 111 Å². The largest absolute Gasteiger partial charge is 0.369 e. The molecular formula is C40H74N6O2. The average molecular weight is 671 g/mol. The highest BCUT2D eigenvalue weighted by molar-refractivity contribution is 5.84. The fourth-order valence-corrected chi connectivity index (χ4v) is 4.47. The van der Waals surface area contributed by atoms with Gasteiger partial charge in [0, 0.05) is 31.3 Å². The number of carbonyl (C=O) groups is 2. The lowest BCUT2D eigenvalue weighted by atomic mass is 9.97. The van der Waals surface area contributed by atoms with Crippen LogP contribution in [0.15, 0.2) is 62.1 Å². The van der Waals surface area contributed by atoms with E-state index in [1.807, 2.05) is 67.9 Å². The van der Waals surface area contributed by atoms with Gasteiger partial charge < -0.3 is 31.6 Å². The van der Waals surface area contributed by atoms with E-state index in [0.717, 1.165) is 45.1 Å². The number of H-pyrrole nitrogens is 1. The molecule has 0 bridgehead atoms. The van der Waals surface area contributed by atoms with Crippen LogP contribution >= 0.6 is 0 Å². The van der Waals surface area contributed by atoms with Crippen molar-refractivity contribution in [3.8, 4) is 0 Å². The van der Waals surface area contributed by atoms with E-state index in [9.17, 15) is 9.59 Å². The van der Waals surface area contributed by atoms with Gasteiger partial charge >= 0.3 is 0 Å². The molecule has 1 aromatic rings. The molecule has 0 fully saturated rings. The zero-order valence-electron chi connectivity index (χ0n) is 32.5. The molecule has 0 radical (unpaired) electrons. The third-order valence-electron chi connectivity index (χ3n) is 6.69. The Kier molecular flexibility index (Phi) is 35.7. The van der Waals surface area contributed by atoms with Crippen molar-refractivity contribution in [1.29, 1.82) is 0 Å². The Morgan fingerprint density at radius 2 is 1.67 bits per heavy atom. The Bertz CT molecular complexity index is 1020. The Hall–Kier alpha value is -3.36. The summed E-state index contributed by atoms with van der Waals surface area (Å²) in [7, 11) is 5.71. The maximum Gasteiger partial charge on any atom is 0.220 e. The van der Waals surface area contributed by atoms with E-state index in [1.165, 1.54) is 23.2 Å². The highest BCUT2D eigenvalue weighted by Crippen LogP contribution is 2.23. The van der Waals surface area contributed by atoms with E-state index < -0.39 is 0 Å². The van der Waals surface area contributed by atoms with Crippen LogP contribution in [-0.2, 0) is 22.4 Å². The van der Waals surface area contributed by atoms with Crippen LogP contribution in [0.4, 0.5) is 0 Å². The number of fused-ring (bicyclic) bond motifs is 1. The second-order valence-electron chi connectivity index (χ2n) is 11.6. The van der Waals surface area contributed by atoms with Crippen LogP contribution in [-0.4, -0.2) is 63.0 Å². The molecule has 8 nitrogen and oxygen atoms in total. The third-order valence-corrected chi connectivity index (χ3v) is 6.69. The van der Waals surface area contributed by atoms with Gasteiger partial charge in [-0.3, -0.25) is 9.59 Å².